The van der Waals surface area contributed by atoms with Crippen LogP contribution in [0.25, 0.3) is 0 Å². The highest BCUT2D eigenvalue weighted by Gasteiger charge is 2.51. The molecule has 6 nitrogen and oxygen atoms in total. The molecule has 0 aromatic heterocycles. The molecule has 7 heteroatoms. The van der Waals surface area contributed by atoms with Gasteiger partial charge in [-0.2, -0.15) is 0 Å². The van der Waals surface area contributed by atoms with Crippen LogP contribution in [-0.2, 0) is 4.79 Å². The van der Waals surface area contributed by atoms with E-state index in [9.17, 15) is 14.0 Å². The molecule has 0 aromatic carbocycles. The summed E-state index contributed by atoms with van der Waals surface area (Å²) < 4.78 is 13.2. The molecule has 0 radical (unpaired) electrons. The first kappa shape index (κ1) is 18.0. The van der Waals surface area contributed by atoms with Gasteiger partial charge in [-0.05, 0) is 69.9 Å². The van der Waals surface area contributed by atoms with Crippen molar-refractivity contribution in [2.75, 3.05) is 32.9 Å². The third-order valence-corrected chi connectivity index (χ3v) is 7.42. The van der Waals surface area contributed by atoms with Crippen LogP contribution in [-0.4, -0.2) is 71.3 Å². The minimum atomic E-state index is -0.797. The van der Waals surface area contributed by atoms with E-state index in [2.05, 4.69) is 10.2 Å². The van der Waals surface area contributed by atoms with E-state index in [4.69, 9.17) is 5.11 Å². The predicted molar refractivity (Wildman–Crippen MR) is 94.7 cm³/mol. The van der Waals surface area contributed by atoms with Gasteiger partial charge in [0.2, 0.25) is 5.91 Å². The lowest BCUT2D eigenvalue weighted by Gasteiger charge is -2.51. The third-order valence-electron chi connectivity index (χ3n) is 7.42. The second kappa shape index (κ2) is 6.66. The topological polar surface area (TPSA) is 72.9 Å². The van der Waals surface area contributed by atoms with Crippen molar-refractivity contribution >= 4 is 12.0 Å². The molecule has 26 heavy (non-hydrogen) atoms. The number of nitrogens with zero attached hydrogens (tertiary/aromatic N) is 2. The van der Waals surface area contributed by atoms with Crippen molar-refractivity contribution in [3.8, 4) is 0 Å². The second-order valence-corrected chi connectivity index (χ2v) is 9.08. The van der Waals surface area contributed by atoms with E-state index in [-0.39, 0.29) is 17.2 Å². The van der Waals surface area contributed by atoms with Crippen molar-refractivity contribution in [3.63, 3.8) is 0 Å². The van der Waals surface area contributed by atoms with Crippen LogP contribution in [0.2, 0.25) is 0 Å². The van der Waals surface area contributed by atoms with Crippen LogP contribution in [0.4, 0.5) is 9.18 Å². The van der Waals surface area contributed by atoms with Crippen LogP contribution >= 0.6 is 0 Å². The number of halogens is 1. The van der Waals surface area contributed by atoms with Gasteiger partial charge in [-0.15, -0.1) is 0 Å². The smallest absolute Gasteiger partial charge is 0.407 e. The molecule has 0 unspecified atom stereocenters. The van der Waals surface area contributed by atoms with Crippen molar-refractivity contribution in [2.45, 2.75) is 62.9 Å². The Kier molecular flexibility index (Phi) is 4.61. The van der Waals surface area contributed by atoms with Gasteiger partial charge >= 0.3 is 6.09 Å². The molecule has 4 fully saturated rings. The highest BCUT2D eigenvalue weighted by Crippen LogP contribution is 2.50. The van der Waals surface area contributed by atoms with Gasteiger partial charge in [0, 0.05) is 25.0 Å². The van der Waals surface area contributed by atoms with Gasteiger partial charge in [0.15, 0.2) is 0 Å². The summed E-state index contributed by atoms with van der Waals surface area (Å²) in [4.78, 5) is 27.6. The number of hydrogen-bond acceptors (Lipinski definition) is 3. The maximum atomic E-state index is 13.2. The monoisotopic (exact) mass is 367 g/mol. The number of carbonyl (C=O) groups is 2. The quantitative estimate of drug-likeness (QED) is 0.799. The van der Waals surface area contributed by atoms with Gasteiger partial charge in [-0.3, -0.25) is 4.79 Å². The molecule has 2 N–H and O–H groups in total. The molecule has 0 aromatic rings. The number of amides is 2. The van der Waals surface area contributed by atoms with E-state index in [1.54, 1.807) is 4.90 Å². The number of rotatable bonds is 4. The van der Waals surface area contributed by atoms with Crippen LogP contribution in [0, 0.1) is 11.3 Å². The minimum absolute atomic E-state index is 0.0123. The summed E-state index contributed by atoms with van der Waals surface area (Å²) in [6.45, 7) is 2.74. The molecule has 0 bridgehead atoms. The summed E-state index contributed by atoms with van der Waals surface area (Å²) >= 11 is 0. The summed E-state index contributed by atoms with van der Waals surface area (Å²) in [5.74, 6) is 0.0540. The first-order chi connectivity index (χ1) is 12.4. The zero-order chi connectivity index (χ0) is 18.4. The predicted octanol–water partition coefficient (Wildman–Crippen LogP) is 2.24. The Labute approximate surface area is 154 Å². The molecule has 2 saturated carbocycles. The fraction of sp³-hybridized carbons (Fsp3) is 0.895. The number of nitrogens with one attached hydrogen (secondary N) is 1. The Morgan fingerprint density at radius 2 is 1.81 bits per heavy atom. The zero-order valence-corrected chi connectivity index (χ0v) is 15.4. The Balaban J connectivity index is 1.21. The van der Waals surface area contributed by atoms with E-state index in [0.717, 1.165) is 64.5 Å². The van der Waals surface area contributed by atoms with Crippen LogP contribution in [0.3, 0.4) is 0 Å². The molecule has 0 atom stereocenters. The van der Waals surface area contributed by atoms with Gasteiger partial charge in [0.25, 0.3) is 0 Å². The van der Waals surface area contributed by atoms with Gasteiger partial charge in [0.05, 0.1) is 5.54 Å². The number of hydrogen-bond donors (Lipinski definition) is 2. The summed E-state index contributed by atoms with van der Waals surface area (Å²) in [5.41, 5.74) is -0.359. The van der Waals surface area contributed by atoms with Gasteiger partial charge in [-0.1, -0.05) is 0 Å². The molecule has 1 spiro atoms. The van der Waals surface area contributed by atoms with Crippen molar-refractivity contribution < 1.29 is 19.1 Å². The van der Waals surface area contributed by atoms with Crippen molar-refractivity contribution in [3.05, 3.63) is 0 Å². The Hall–Kier alpha value is -1.37. The number of carbonyl (C=O) groups excluding carboxylic acids is 1. The maximum Gasteiger partial charge on any atom is 0.407 e. The van der Waals surface area contributed by atoms with E-state index < -0.39 is 18.3 Å². The van der Waals surface area contributed by atoms with Crippen molar-refractivity contribution in [1.82, 2.24) is 15.1 Å². The van der Waals surface area contributed by atoms with E-state index in [1.165, 1.54) is 0 Å². The van der Waals surface area contributed by atoms with E-state index in [0.29, 0.717) is 19.1 Å². The molecule has 2 aliphatic carbocycles. The fourth-order valence-corrected chi connectivity index (χ4v) is 5.42. The lowest BCUT2D eigenvalue weighted by atomic mass is 9.64. The summed E-state index contributed by atoms with van der Waals surface area (Å²) in [7, 11) is 0. The Morgan fingerprint density at radius 3 is 2.31 bits per heavy atom. The van der Waals surface area contributed by atoms with Crippen molar-refractivity contribution in [1.29, 1.82) is 0 Å². The van der Waals surface area contributed by atoms with Crippen LogP contribution in [0.5, 0.6) is 0 Å². The normalized spacial score (nSPS) is 34.3. The zero-order valence-electron chi connectivity index (χ0n) is 15.4. The van der Waals surface area contributed by atoms with Gasteiger partial charge < -0.3 is 20.2 Å². The summed E-state index contributed by atoms with van der Waals surface area (Å²) in [5, 5.41) is 12.1. The molecular formula is C19H30FN3O3. The molecule has 4 rings (SSSR count). The van der Waals surface area contributed by atoms with Crippen LogP contribution < -0.4 is 5.32 Å². The minimum Gasteiger partial charge on any atom is -0.465 e. The first-order valence-corrected chi connectivity index (χ1v) is 10.0. The molecule has 2 aliphatic heterocycles. The largest absolute Gasteiger partial charge is 0.465 e. The highest BCUT2D eigenvalue weighted by atomic mass is 19.1. The number of alkyl halides is 1. The molecule has 2 saturated heterocycles. The lowest BCUT2D eigenvalue weighted by Crippen LogP contribution is -2.58. The third kappa shape index (κ3) is 3.19. The van der Waals surface area contributed by atoms with Crippen LogP contribution in [0.1, 0.15) is 51.4 Å². The Morgan fingerprint density at radius 1 is 1.12 bits per heavy atom. The Bertz CT molecular complexity index is 561. The van der Waals surface area contributed by atoms with Crippen molar-refractivity contribution in [2.24, 2.45) is 11.3 Å². The molecule has 2 heterocycles. The molecule has 2 amide bonds. The second-order valence-electron chi connectivity index (χ2n) is 9.08. The molecule has 4 aliphatic rings. The average molecular weight is 367 g/mol. The average Bonchev–Trinajstić information content (AvgIpc) is 3.03. The summed E-state index contributed by atoms with van der Waals surface area (Å²) in [6, 6.07) is 0.538. The fourth-order valence-electron chi connectivity index (χ4n) is 5.42. The van der Waals surface area contributed by atoms with Gasteiger partial charge in [0.1, 0.15) is 6.67 Å². The van der Waals surface area contributed by atoms with E-state index in [1.807, 2.05) is 0 Å². The number of carboxylic acid groups (broad SMARTS) is 1. The lowest BCUT2D eigenvalue weighted by molar-refractivity contribution is -0.130. The van der Waals surface area contributed by atoms with E-state index >= 15 is 0 Å². The molecular weight excluding hydrogens is 337 g/mol. The maximum absolute atomic E-state index is 13.2. The van der Waals surface area contributed by atoms with Crippen LogP contribution in [0.15, 0.2) is 0 Å². The number of piperidine rings is 1. The molecule has 146 valence electrons. The van der Waals surface area contributed by atoms with Gasteiger partial charge in [-0.25, -0.2) is 9.18 Å². The highest BCUT2D eigenvalue weighted by molar-refractivity contribution is 5.79. The first-order valence-electron chi connectivity index (χ1n) is 10.0. The number of likely N-dealkylation sites (tertiary alicyclic amines) is 2. The summed E-state index contributed by atoms with van der Waals surface area (Å²) in [6.07, 6.45) is 6.59. The standard InChI is InChI=1S/C19H30FN3O3/c20-12-19(4-1-5-19)21-16(24)14-2-7-22(8-3-14)15-10-18(11-15)6-9-23(13-18)17(25)26/h14-15H,1-13H2,(H,21,24)(H,25,26). The SMILES string of the molecule is O=C(NC1(CF)CCC1)C1CCN(C2CC3(CCN(C(=O)O)C3)C2)CC1.